The largest absolute Gasteiger partial charge is 0.494 e. The molecule has 0 bridgehead atoms. The van der Waals surface area contributed by atoms with Gasteiger partial charge in [0.2, 0.25) is 5.91 Å². The first-order chi connectivity index (χ1) is 11.5. The van der Waals surface area contributed by atoms with Gasteiger partial charge >= 0.3 is 0 Å². The smallest absolute Gasteiger partial charge is 0.276 e. The number of carbonyl (C=O) groups excluding carboxylic acids is 1. The molecule has 8 heteroatoms. The number of rotatable bonds is 7. The molecule has 1 aromatic rings. The number of carbonyl (C=O) groups is 1. The number of ether oxygens (including phenoxy) is 1. The molecule has 7 nitrogen and oxygen atoms in total. The van der Waals surface area contributed by atoms with Crippen molar-refractivity contribution in [1.29, 1.82) is 0 Å². The van der Waals surface area contributed by atoms with Crippen LogP contribution in [0.3, 0.4) is 0 Å². The van der Waals surface area contributed by atoms with Crippen LogP contribution in [0.4, 0.5) is 10.1 Å². The number of hydrogen-bond acceptors (Lipinski definition) is 5. The second-order valence-electron chi connectivity index (χ2n) is 5.77. The van der Waals surface area contributed by atoms with Gasteiger partial charge in [-0.3, -0.25) is 14.9 Å². The average Bonchev–Trinajstić information content (AvgIpc) is 2.57. The number of nitro benzene ring substituents is 1. The Kier molecular flexibility index (Phi) is 6.48. The number of likely N-dealkylation sites (tertiary alicyclic amines) is 1. The highest BCUT2D eigenvalue weighted by Gasteiger charge is 2.24. The zero-order chi connectivity index (χ0) is 17.5. The highest BCUT2D eigenvalue weighted by atomic mass is 19.1. The second-order valence-corrected chi connectivity index (χ2v) is 5.77. The molecule has 1 saturated heterocycles. The van der Waals surface area contributed by atoms with Crippen LogP contribution in [0.1, 0.15) is 24.8 Å². The number of halogens is 1. The lowest BCUT2D eigenvalue weighted by atomic mass is 10.1. The van der Waals surface area contributed by atoms with Crippen molar-refractivity contribution in [1.82, 2.24) is 10.2 Å². The molecule has 24 heavy (non-hydrogen) atoms. The molecule has 2 rings (SSSR count). The molecule has 0 aliphatic carbocycles. The Balaban J connectivity index is 1.96. The van der Waals surface area contributed by atoms with Gasteiger partial charge in [0, 0.05) is 19.2 Å². The topological polar surface area (TPSA) is 84.7 Å². The lowest BCUT2D eigenvalue weighted by molar-refractivity contribution is -0.385. The number of amides is 1. The van der Waals surface area contributed by atoms with Gasteiger partial charge in [0.05, 0.1) is 24.0 Å². The molecular weight excluding hydrogens is 317 g/mol. The van der Waals surface area contributed by atoms with E-state index in [1.807, 2.05) is 0 Å². The van der Waals surface area contributed by atoms with E-state index >= 15 is 0 Å². The third kappa shape index (κ3) is 4.64. The van der Waals surface area contributed by atoms with E-state index < -0.39 is 22.3 Å². The Morgan fingerprint density at radius 1 is 1.38 bits per heavy atom. The summed E-state index contributed by atoms with van der Waals surface area (Å²) in [6.45, 7) is 3.21. The van der Waals surface area contributed by atoms with Crippen molar-refractivity contribution in [2.75, 3.05) is 33.3 Å². The van der Waals surface area contributed by atoms with Crippen LogP contribution in [0.15, 0.2) is 12.1 Å². The second kappa shape index (κ2) is 8.58. The molecule has 1 fully saturated rings. The number of benzene rings is 1. The molecule has 1 N–H and O–H groups in total. The minimum Gasteiger partial charge on any atom is -0.494 e. The summed E-state index contributed by atoms with van der Waals surface area (Å²) in [6, 6.07) is 2.34. The quantitative estimate of drug-likeness (QED) is 0.606. The van der Waals surface area contributed by atoms with Gasteiger partial charge in [-0.15, -0.1) is 0 Å². The summed E-state index contributed by atoms with van der Waals surface area (Å²) in [7, 11) is 1.27. The van der Waals surface area contributed by atoms with Crippen molar-refractivity contribution in [3.05, 3.63) is 33.6 Å². The molecular formula is C16H22FN3O4. The van der Waals surface area contributed by atoms with E-state index in [1.54, 1.807) is 0 Å². The van der Waals surface area contributed by atoms with Gasteiger partial charge in [0.25, 0.3) is 5.69 Å². The van der Waals surface area contributed by atoms with E-state index in [0.29, 0.717) is 6.54 Å². The van der Waals surface area contributed by atoms with E-state index in [2.05, 4.69) is 10.2 Å². The van der Waals surface area contributed by atoms with E-state index in [1.165, 1.54) is 19.6 Å². The van der Waals surface area contributed by atoms with Crippen molar-refractivity contribution in [2.24, 2.45) is 0 Å². The van der Waals surface area contributed by atoms with Crippen LogP contribution < -0.4 is 10.1 Å². The minimum atomic E-state index is -0.863. The molecule has 0 aromatic heterocycles. The van der Waals surface area contributed by atoms with Gasteiger partial charge in [0.15, 0.2) is 11.6 Å². The van der Waals surface area contributed by atoms with Crippen LogP contribution in [0.5, 0.6) is 5.75 Å². The number of methoxy groups -OCH3 is 1. The summed E-state index contributed by atoms with van der Waals surface area (Å²) >= 11 is 0. The average molecular weight is 339 g/mol. The van der Waals surface area contributed by atoms with Gasteiger partial charge in [-0.1, -0.05) is 6.42 Å². The fraction of sp³-hybridized carbons (Fsp3) is 0.562. The maximum absolute atomic E-state index is 14.2. The number of nitrogens with one attached hydrogen (secondary N) is 1. The molecule has 1 aromatic carbocycles. The summed E-state index contributed by atoms with van der Waals surface area (Å²) in [5.74, 6) is -1.42. The van der Waals surface area contributed by atoms with E-state index in [0.717, 1.165) is 38.5 Å². The summed E-state index contributed by atoms with van der Waals surface area (Å²) in [6.07, 6.45) is 3.17. The molecule has 0 radical (unpaired) electrons. The fourth-order valence-electron chi connectivity index (χ4n) is 2.85. The van der Waals surface area contributed by atoms with Crippen molar-refractivity contribution in [3.8, 4) is 5.75 Å². The van der Waals surface area contributed by atoms with Crippen LogP contribution in [-0.2, 0) is 11.2 Å². The lowest BCUT2D eigenvalue weighted by Crippen LogP contribution is -2.38. The Hall–Kier alpha value is -2.22. The molecule has 1 heterocycles. The van der Waals surface area contributed by atoms with Crippen molar-refractivity contribution < 1.29 is 18.8 Å². The predicted molar refractivity (Wildman–Crippen MR) is 86.6 cm³/mol. The molecule has 0 spiro atoms. The minimum absolute atomic E-state index is 0.114. The van der Waals surface area contributed by atoms with E-state index in [4.69, 9.17) is 4.74 Å². The molecule has 0 unspecified atom stereocenters. The van der Waals surface area contributed by atoms with E-state index in [9.17, 15) is 19.3 Å². The normalized spacial score (nSPS) is 15.1. The first-order valence-electron chi connectivity index (χ1n) is 8.01. The summed E-state index contributed by atoms with van der Waals surface area (Å²) in [4.78, 5) is 24.6. The van der Waals surface area contributed by atoms with Crippen LogP contribution in [0.25, 0.3) is 0 Å². The Bertz CT molecular complexity index is 603. The van der Waals surface area contributed by atoms with Gasteiger partial charge < -0.3 is 15.0 Å². The predicted octanol–water partition coefficient (Wildman–Crippen LogP) is 1.89. The maximum atomic E-state index is 14.2. The molecule has 132 valence electrons. The Morgan fingerprint density at radius 2 is 2.08 bits per heavy atom. The van der Waals surface area contributed by atoms with Crippen molar-refractivity contribution >= 4 is 11.6 Å². The highest BCUT2D eigenvalue weighted by Crippen LogP contribution is 2.29. The van der Waals surface area contributed by atoms with Crippen LogP contribution in [0.2, 0.25) is 0 Å². The Morgan fingerprint density at radius 3 is 2.71 bits per heavy atom. The van der Waals surface area contributed by atoms with E-state index in [-0.39, 0.29) is 17.7 Å². The zero-order valence-electron chi connectivity index (χ0n) is 13.7. The molecule has 1 aliphatic rings. The number of hydrogen-bond donors (Lipinski definition) is 1. The number of piperidine rings is 1. The van der Waals surface area contributed by atoms with Crippen LogP contribution in [-0.4, -0.2) is 49.0 Å². The Labute approximate surface area is 139 Å². The molecule has 1 aliphatic heterocycles. The standard InChI is InChI=1S/C16H22FN3O4/c1-24-14-6-5-13(20(22)23)12(16(14)17)11-15(21)18-7-10-19-8-3-2-4-9-19/h5-6H,2-4,7-11H2,1H3,(H,18,21). The highest BCUT2D eigenvalue weighted by molar-refractivity contribution is 5.80. The summed E-state index contributed by atoms with van der Waals surface area (Å²) in [5, 5.41) is 13.7. The van der Waals surface area contributed by atoms with Crippen LogP contribution in [0, 0.1) is 15.9 Å². The first kappa shape index (κ1) is 18.1. The van der Waals surface area contributed by atoms with Gasteiger partial charge in [-0.25, -0.2) is 4.39 Å². The summed E-state index contributed by atoms with van der Waals surface area (Å²) < 4.78 is 19.1. The third-order valence-corrected chi connectivity index (χ3v) is 4.14. The summed E-state index contributed by atoms with van der Waals surface area (Å²) in [5.41, 5.74) is -0.672. The van der Waals surface area contributed by atoms with Gasteiger partial charge in [-0.05, 0) is 32.0 Å². The van der Waals surface area contributed by atoms with Crippen molar-refractivity contribution in [2.45, 2.75) is 25.7 Å². The fourth-order valence-corrected chi connectivity index (χ4v) is 2.85. The van der Waals surface area contributed by atoms with Crippen LogP contribution >= 0.6 is 0 Å². The molecule has 0 atom stereocenters. The zero-order valence-corrected chi connectivity index (χ0v) is 13.7. The third-order valence-electron chi connectivity index (χ3n) is 4.14. The maximum Gasteiger partial charge on any atom is 0.276 e. The molecule has 0 saturated carbocycles. The van der Waals surface area contributed by atoms with Gasteiger partial charge in [-0.2, -0.15) is 0 Å². The molecule has 1 amide bonds. The monoisotopic (exact) mass is 339 g/mol. The van der Waals surface area contributed by atoms with Crippen molar-refractivity contribution in [3.63, 3.8) is 0 Å². The first-order valence-corrected chi connectivity index (χ1v) is 8.01. The number of nitro groups is 1. The van der Waals surface area contributed by atoms with Gasteiger partial charge in [0.1, 0.15) is 0 Å². The lowest BCUT2D eigenvalue weighted by Gasteiger charge is -2.26. The number of nitrogens with zero attached hydrogens (tertiary/aromatic N) is 2. The SMILES string of the molecule is COc1ccc([N+](=O)[O-])c(CC(=O)NCCN2CCCCC2)c1F.